The van der Waals surface area contributed by atoms with E-state index in [0.29, 0.717) is 23.4 Å². The van der Waals surface area contributed by atoms with Gasteiger partial charge in [-0.1, -0.05) is 30.8 Å². The van der Waals surface area contributed by atoms with Crippen molar-refractivity contribution in [2.24, 2.45) is 5.92 Å². The van der Waals surface area contributed by atoms with Gasteiger partial charge in [0.15, 0.2) is 11.0 Å². The van der Waals surface area contributed by atoms with E-state index in [9.17, 15) is 4.79 Å². The lowest BCUT2D eigenvalue weighted by Gasteiger charge is -2.31. The number of likely N-dealkylation sites (tertiary alicyclic amines) is 1. The third-order valence-corrected chi connectivity index (χ3v) is 6.73. The van der Waals surface area contributed by atoms with Gasteiger partial charge >= 0.3 is 0 Å². The SMILES string of the molecule is COc1cccc(-c2nnc(SC(C)C(=O)N3CCC(C)CC3)n2Cc2ccco2)c1. The number of thioether (sulfide) groups is 1. The highest BCUT2D eigenvalue weighted by molar-refractivity contribution is 8.00. The van der Waals surface area contributed by atoms with E-state index in [1.165, 1.54) is 11.8 Å². The lowest BCUT2D eigenvalue weighted by molar-refractivity contribution is -0.131. The Morgan fingerprint density at radius 2 is 2.06 bits per heavy atom. The molecule has 2 aromatic heterocycles. The van der Waals surface area contributed by atoms with Gasteiger partial charge in [-0.25, -0.2) is 0 Å². The highest BCUT2D eigenvalue weighted by Crippen LogP contribution is 2.30. The van der Waals surface area contributed by atoms with Gasteiger partial charge in [0.25, 0.3) is 0 Å². The summed E-state index contributed by atoms with van der Waals surface area (Å²) in [5.74, 6) is 3.11. The van der Waals surface area contributed by atoms with E-state index in [0.717, 1.165) is 43.0 Å². The third kappa shape index (κ3) is 4.95. The molecule has 4 rings (SSSR count). The second kappa shape index (κ2) is 9.60. The van der Waals surface area contributed by atoms with Crippen LogP contribution >= 0.6 is 11.8 Å². The van der Waals surface area contributed by atoms with Crippen LogP contribution in [0.5, 0.6) is 5.75 Å². The maximum Gasteiger partial charge on any atom is 0.235 e. The Morgan fingerprint density at radius 3 is 2.77 bits per heavy atom. The summed E-state index contributed by atoms with van der Waals surface area (Å²) in [6.45, 7) is 6.34. The maximum atomic E-state index is 13.0. The molecular formula is C23H28N4O3S. The zero-order valence-corrected chi connectivity index (χ0v) is 19.0. The van der Waals surface area contributed by atoms with Crippen LogP contribution in [0.1, 0.15) is 32.4 Å². The number of benzene rings is 1. The number of amides is 1. The number of aromatic nitrogens is 3. The summed E-state index contributed by atoms with van der Waals surface area (Å²) in [4.78, 5) is 15.0. The van der Waals surface area contributed by atoms with Gasteiger partial charge in [-0.2, -0.15) is 0 Å². The number of piperidine rings is 1. The van der Waals surface area contributed by atoms with Crippen LogP contribution < -0.4 is 4.74 Å². The first-order chi connectivity index (χ1) is 15.0. The normalized spacial score (nSPS) is 15.8. The molecule has 1 amide bonds. The standard InChI is InChI=1S/C23H28N4O3S/c1-16-9-11-26(12-10-16)22(28)17(2)31-23-25-24-21(18-6-4-7-19(14-18)29-3)27(23)15-20-8-5-13-30-20/h4-8,13-14,16-17H,9-12,15H2,1-3H3. The van der Waals surface area contributed by atoms with Crippen molar-refractivity contribution in [3.05, 3.63) is 48.4 Å². The molecule has 1 unspecified atom stereocenters. The molecule has 0 aliphatic carbocycles. The van der Waals surface area contributed by atoms with E-state index in [1.807, 2.05) is 52.8 Å². The Labute approximate surface area is 186 Å². The minimum atomic E-state index is -0.244. The molecule has 8 heteroatoms. The number of methoxy groups -OCH3 is 1. The van der Waals surface area contributed by atoms with Crippen LogP contribution in [0.25, 0.3) is 11.4 Å². The summed E-state index contributed by atoms with van der Waals surface area (Å²) in [5.41, 5.74) is 0.897. The van der Waals surface area contributed by atoms with Gasteiger partial charge in [0, 0.05) is 18.7 Å². The van der Waals surface area contributed by atoms with Crippen molar-refractivity contribution in [1.29, 1.82) is 0 Å². The Balaban J connectivity index is 1.59. The zero-order valence-electron chi connectivity index (χ0n) is 18.2. The van der Waals surface area contributed by atoms with Gasteiger partial charge in [0.1, 0.15) is 11.5 Å². The fraction of sp³-hybridized carbons (Fsp3) is 0.435. The zero-order chi connectivity index (χ0) is 21.8. The molecule has 3 heterocycles. The number of ether oxygens (including phenoxy) is 1. The predicted octanol–water partition coefficient (Wildman–Crippen LogP) is 4.33. The molecule has 0 saturated carbocycles. The maximum absolute atomic E-state index is 13.0. The average molecular weight is 441 g/mol. The number of carbonyl (C=O) groups is 1. The van der Waals surface area contributed by atoms with E-state index in [1.54, 1.807) is 13.4 Å². The van der Waals surface area contributed by atoms with Crippen molar-refractivity contribution in [2.75, 3.05) is 20.2 Å². The number of nitrogens with zero attached hydrogens (tertiary/aromatic N) is 4. The smallest absolute Gasteiger partial charge is 0.235 e. The molecule has 1 fully saturated rings. The minimum absolute atomic E-state index is 0.160. The predicted molar refractivity (Wildman–Crippen MR) is 120 cm³/mol. The van der Waals surface area contributed by atoms with Crippen LogP contribution in [-0.2, 0) is 11.3 Å². The highest BCUT2D eigenvalue weighted by atomic mass is 32.2. The molecule has 1 aliphatic rings. The van der Waals surface area contributed by atoms with Crippen LogP contribution in [0.3, 0.4) is 0 Å². The number of hydrogen-bond donors (Lipinski definition) is 0. The summed E-state index contributed by atoms with van der Waals surface area (Å²) >= 11 is 1.45. The monoisotopic (exact) mass is 440 g/mol. The van der Waals surface area contributed by atoms with E-state index in [4.69, 9.17) is 9.15 Å². The molecule has 0 bridgehead atoms. The molecule has 7 nitrogen and oxygen atoms in total. The second-order valence-electron chi connectivity index (χ2n) is 7.97. The number of furan rings is 1. The van der Waals surface area contributed by atoms with Gasteiger partial charge in [-0.3, -0.25) is 9.36 Å². The lowest BCUT2D eigenvalue weighted by Crippen LogP contribution is -2.41. The first-order valence-corrected chi connectivity index (χ1v) is 11.5. The van der Waals surface area contributed by atoms with E-state index < -0.39 is 0 Å². The van der Waals surface area contributed by atoms with Crippen LogP contribution in [0.4, 0.5) is 0 Å². The molecule has 1 saturated heterocycles. The van der Waals surface area contributed by atoms with Crippen molar-refractivity contribution < 1.29 is 13.9 Å². The average Bonchev–Trinajstić information content (AvgIpc) is 3.44. The summed E-state index contributed by atoms with van der Waals surface area (Å²) in [6, 6.07) is 11.5. The number of carbonyl (C=O) groups excluding carboxylic acids is 1. The van der Waals surface area contributed by atoms with E-state index >= 15 is 0 Å². The second-order valence-corrected chi connectivity index (χ2v) is 9.28. The van der Waals surface area contributed by atoms with E-state index in [2.05, 4.69) is 17.1 Å². The topological polar surface area (TPSA) is 73.4 Å². The fourth-order valence-electron chi connectivity index (χ4n) is 3.75. The molecule has 1 atom stereocenters. The molecule has 164 valence electrons. The fourth-order valence-corrected chi connectivity index (χ4v) is 4.68. The number of rotatable bonds is 7. The summed E-state index contributed by atoms with van der Waals surface area (Å²) in [6.07, 6.45) is 3.79. The molecule has 0 spiro atoms. The Morgan fingerprint density at radius 1 is 1.26 bits per heavy atom. The Kier molecular flexibility index (Phi) is 6.65. The van der Waals surface area contributed by atoms with Crippen LogP contribution in [0.15, 0.2) is 52.2 Å². The van der Waals surface area contributed by atoms with Crippen LogP contribution in [-0.4, -0.2) is 51.0 Å². The summed E-state index contributed by atoms with van der Waals surface area (Å²) in [7, 11) is 1.64. The molecule has 0 N–H and O–H groups in total. The largest absolute Gasteiger partial charge is 0.497 e. The summed E-state index contributed by atoms with van der Waals surface area (Å²) in [5, 5.41) is 9.33. The number of hydrogen-bond acceptors (Lipinski definition) is 6. The Bertz CT molecular complexity index is 1010. The van der Waals surface area contributed by atoms with Gasteiger partial charge in [0.05, 0.1) is 25.2 Å². The first kappa shape index (κ1) is 21.5. The van der Waals surface area contributed by atoms with Gasteiger partial charge in [-0.05, 0) is 49.9 Å². The van der Waals surface area contributed by atoms with Crippen molar-refractivity contribution >= 4 is 17.7 Å². The van der Waals surface area contributed by atoms with Crippen LogP contribution in [0, 0.1) is 5.92 Å². The molecule has 0 radical (unpaired) electrons. The van der Waals surface area contributed by atoms with Gasteiger partial charge in [-0.15, -0.1) is 10.2 Å². The Hall–Kier alpha value is -2.74. The molecular weight excluding hydrogens is 412 g/mol. The minimum Gasteiger partial charge on any atom is -0.497 e. The van der Waals surface area contributed by atoms with Crippen molar-refractivity contribution in [3.8, 4) is 17.1 Å². The third-order valence-electron chi connectivity index (χ3n) is 5.66. The molecule has 31 heavy (non-hydrogen) atoms. The summed E-state index contributed by atoms with van der Waals surface area (Å²) < 4.78 is 12.9. The van der Waals surface area contributed by atoms with E-state index in [-0.39, 0.29) is 11.2 Å². The first-order valence-electron chi connectivity index (χ1n) is 10.6. The van der Waals surface area contributed by atoms with Crippen LogP contribution in [0.2, 0.25) is 0 Å². The van der Waals surface area contributed by atoms with Gasteiger partial charge < -0.3 is 14.1 Å². The van der Waals surface area contributed by atoms with Crippen molar-refractivity contribution in [2.45, 2.75) is 43.6 Å². The quantitative estimate of drug-likeness (QED) is 0.509. The molecule has 1 aliphatic heterocycles. The van der Waals surface area contributed by atoms with Gasteiger partial charge in [0.2, 0.25) is 5.91 Å². The highest BCUT2D eigenvalue weighted by Gasteiger charge is 2.27. The van der Waals surface area contributed by atoms with Crippen molar-refractivity contribution in [1.82, 2.24) is 19.7 Å². The lowest BCUT2D eigenvalue weighted by atomic mass is 9.99. The van der Waals surface area contributed by atoms with Crippen molar-refractivity contribution in [3.63, 3.8) is 0 Å². The molecule has 3 aromatic rings. The molecule has 1 aromatic carbocycles.